The zero-order valence-corrected chi connectivity index (χ0v) is 28.3. The lowest BCUT2D eigenvalue weighted by atomic mass is 9.86. The Hall–Kier alpha value is -4.14. The van der Waals surface area contributed by atoms with Gasteiger partial charge in [-0.15, -0.1) is 0 Å². The lowest BCUT2D eigenvalue weighted by Gasteiger charge is -2.35. The molecule has 0 heterocycles. The molecule has 0 unspecified atom stereocenters. The zero-order chi connectivity index (χ0) is 31.2. The minimum Gasteiger partial charge on any atom is -0.489 e. The molecule has 6 rings (SSSR count). The van der Waals surface area contributed by atoms with E-state index >= 15 is 0 Å². The Morgan fingerprint density at radius 3 is 1.61 bits per heavy atom. The molecule has 0 bridgehead atoms. The summed E-state index contributed by atoms with van der Waals surface area (Å²) >= 11 is 0. The van der Waals surface area contributed by atoms with Crippen LogP contribution in [0, 0.1) is 13.8 Å². The van der Waals surface area contributed by atoms with E-state index in [0.29, 0.717) is 6.61 Å². The van der Waals surface area contributed by atoms with Crippen LogP contribution in [0.15, 0.2) is 116 Å². The van der Waals surface area contributed by atoms with E-state index in [0.717, 1.165) is 5.75 Å². The summed E-state index contributed by atoms with van der Waals surface area (Å²) in [4.78, 5) is 0. The molecule has 0 aliphatic heterocycles. The Labute approximate surface area is 265 Å². The van der Waals surface area contributed by atoms with Crippen molar-refractivity contribution in [2.75, 3.05) is 6.61 Å². The normalized spacial score (nSPS) is 13.0. The first-order chi connectivity index (χ1) is 21.0. The maximum Gasteiger partial charge on any atom is 0.122 e. The number of benzene rings is 5. The van der Waals surface area contributed by atoms with Gasteiger partial charge in [0.1, 0.15) is 12.4 Å². The SMILES string of the molecule is C=CCOc1c(C(C)(C)C)cccc1[Si](C)(C)C1c2cc(-c3ccc(C)cc3)ccc2-c2ccc(-c3ccc(C)cc3)cc21. The second-order valence-electron chi connectivity index (χ2n) is 14.0. The average Bonchev–Trinajstić information content (AvgIpc) is 3.33. The summed E-state index contributed by atoms with van der Waals surface area (Å²) in [6, 6.07) is 38.9. The van der Waals surface area contributed by atoms with E-state index in [4.69, 9.17) is 4.74 Å². The fourth-order valence-corrected chi connectivity index (χ4v) is 10.6. The molecule has 5 aromatic rings. The highest BCUT2D eigenvalue weighted by Crippen LogP contribution is 2.51. The number of para-hydroxylation sites is 1. The molecule has 0 atom stereocenters. The molecule has 2 heteroatoms. The second kappa shape index (κ2) is 11.4. The molecule has 0 saturated heterocycles. The van der Waals surface area contributed by atoms with Crippen LogP contribution in [0.5, 0.6) is 5.75 Å². The van der Waals surface area contributed by atoms with Gasteiger partial charge in [0.15, 0.2) is 0 Å². The molecule has 0 aromatic heterocycles. The van der Waals surface area contributed by atoms with E-state index in [9.17, 15) is 0 Å². The Balaban J connectivity index is 1.58. The van der Waals surface area contributed by atoms with Gasteiger partial charge in [-0.25, -0.2) is 0 Å². The van der Waals surface area contributed by atoms with Crippen molar-refractivity contribution in [3.05, 3.63) is 144 Å². The van der Waals surface area contributed by atoms with Crippen LogP contribution in [0.3, 0.4) is 0 Å². The standard InChI is InChI=1S/C42H44OSi/c1-9-25-43-40-38(42(4,5)6)11-10-12-39(40)44(7,8)41-36-26-32(30-17-13-28(2)14-18-30)21-23-34(36)35-24-22-33(27-37(35)41)31-19-15-29(3)16-20-31/h9-24,26-27,41H,1,25H2,2-8H3. The summed E-state index contributed by atoms with van der Waals surface area (Å²) in [6.07, 6.45) is 1.86. The van der Waals surface area contributed by atoms with Gasteiger partial charge in [0, 0.05) is 5.54 Å². The highest BCUT2D eigenvalue weighted by atomic mass is 28.3. The molecule has 1 aliphatic rings. The molecule has 0 fully saturated rings. The Morgan fingerprint density at radius 1 is 0.682 bits per heavy atom. The topological polar surface area (TPSA) is 9.23 Å². The van der Waals surface area contributed by atoms with E-state index in [1.54, 1.807) is 0 Å². The fraction of sp³-hybridized carbons (Fsp3) is 0.238. The molecule has 222 valence electrons. The quantitative estimate of drug-likeness (QED) is 0.135. The molecule has 0 saturated carbocycles. The van der Waals surface area contributed by atoms with Gasteiger partial charge in [-0.3, -0.25) is 0 Å². The number of aryl methyl sites for hydroxylation is 2. The van der Waals surface area contributed by atoms with Crippen LogP contribution in [0.25, 0.3) is 33.4 Å². The van der Waals surface area contributed by atoms with Gasteiger partial charge in [0.05, 0.1) is 8.07 Å². The summed E-state index contributed by atoms with van der Waals surface area (Å²) in [5.41, 5.74) is 14.7. The Kier molecular flexibility index (Phi) is 7.76. The van der Waals surface area contributed by atoms with Gasteiger partial charge in [0.25, 0.3) is 0 Å². The van der Waals surface area contributed by atoms with Crippen LogP contribution in [-0.4, -0.2) is 14.7 Å². The van der Waals surface area contributed by atoms with Crippen molar-refractivity contribution in [2.24, 2.45) is 0 Å². The molecule has 0 N–H and O–H groups in total. The van der Waals surface area contributed by atoms with Gasteiger partial charge in [-0.1, -0.05) is 161 Å². The molecule has 44 heavy (non-hydrogen) atoms. The van der Waals surface area contributed by atoms with Gasteiger partial charge in [-0.05, 0) is 74.5 Å². The molecular weight excluding hydrogens is 549 g/mol. The Morgan fingerprint density at radius 2 is 1.16 bits per heavy atom. The van der Waals surface area contributed by atoms with Crippen molar-refractivity contribution >= 4 is 13.3 Å². The van der Waals surface area contributed by atoms with Crippen molar-refractivity contribution in [2.45, 2.75) is 58.7 Å². The van der Waals surface area contributed by atoms with Crippen LogP contribution >= 0.6 is 0 Å². The fourth-order valence-electron chi connectivity index (χ4n) is 6.98. The molecule has 1 nitrogen and oxygen atoms in total. The molecule has 0 spiro atoms. The van der Waals surface area contributed by atoms with Crippen LogP contribution in [0.1, 0.15) is 54.1 Å². The first-order valence-electron chi connectivity index (χ1n) is 15.8. The maximum atomic E-state index is 6.59. The monoisotopic (exact) mass is 592 g/mol. The van der Waals surface area contributed by atoms with Crippen molar-refractivity contribution in [1.29, 1.82) is 0 Å². The zero-order valence-electron chi connectivity index (χ0n) is 27.3. The number of hydrogen-bond donors (Lipinski definition) is 0. The molecular formula is C42H44OSi. The Bertz CT molecular complexity index is 1740. The average molecular weight is 593 g/mol. The third-order valence-corrected chi connectivity index (χ3v) is 13.2. The molecule has 0 amide bonds. The van der Waals surface area contributed by atoms with Crippen molar-refractivity contribution < 1.29 is 4.74 Å². The van der Waals surface area contributed by atoms with Crippen LogP contribution in [0.4, 0.5) is 0 Å². The highest BCUT2D eigenvalue weighted by molar-refractivity contribution is 6.92. The van der Waals surface area contributed by atoms with Gasteiger partial charge < -0.3 is 4.74 Å². The van der Waals surface area contributed by atoms with Crippen LogP contribution in [0.2, 0.25) is 13.1 Å². The van der Waals surface area contributed by atoms with Crippen molar-refractivity contribution in [1.82, 2.24) is 0 Å². The first kappa shape index (κ1) is 29.9. The number of fused-ring (bicyclic) bond motifs is 3. The second-order valence-corrected chi connectivity index (χ2v) is 18.6. The lowest BCUT2D eigenvalue weighted by Crippen LogP contribution is -2.49. The van der Waals surface area contributed by atoms with Crippen molar-refractivity contribution in [3.63, 3.8) is 0 Å². The number of ether oxygens (including phenoxy) is 1. The summed E-state index contributed by atoms with van der Waals surface area (Å²) < 4.78 is 6.59. The summed E-state index contributed by atoms with van der Waals surface area (Å²) in [5, 5.41) is 1.37. The minimum absolute atomic E-state index is 0.0420. The molecule has 0 radical (unpaired) electrons. The van der Waals surface area contributed by atoms with Crippen molar-refractivity contribution in [3.8, 4) is 39.1 Å². The molecule has 5 aromatic carbocycles. The van der Waals surface area contributed by atoms with Gasteiger partial charge in [0.2, 0.25) is 0 Å². The van der Waals surface area contributed by atoms with Crippen LogP contribution in [-0.2, 0) is 5.41 Å². The summed E-state index contributed by atoms with van der Waals surface area (Å²) in [7, 11) is -2.28. The highest BCUT2D eigenvalue weighted by Gasteiger charge is 2.44. The maximum absolute atomic E-state index is 6.59. The van der Waals surface area contributed by atoms with Gasteiger partial charge >= 0.3 is 0 Å². The third kappa shape index (κ3) is 5.37. The smallest absolute Gasteiger partial charge is 0.122 e. The van der Waals surface area contributed by atoms with E-state index < -0.39 is 8.07 Å². The lowest BCUT2D eigenvalue weighted by molar-refractivity contribution is 0.354. The van der Waals surface area contributed by atoms with E-state index in [-0.39, 0.29) is 11.0 Å². The molecule has 1 aliphatic carbocycles. The predicted octanol–water partition coefficient (Wildman–Crippen LogP) is 10.8. The number of rotatable bonds is 7. The van der Waals surface area contributed by atoms with E-state index in [1.165, 1.54) is 66.4 Å². The number of hydrogen-bond acceptors (Lipinski definition) is 1. The predicted molar refractivity (Wildman–Crippen MR) is 192 cm³/mol. The third-order valence-electron chi connectivity index (χ3n) is 9.37. The van der Waals surface area contributed by atoms with E-state index in [1.807, 2.05) is 6.08 Å². The summed E-state index contributed by atoms with van der Waals surface area (Å²) in [5.74, 6) is 1.05. The van der Waals surface area contributed by atoms with E-state index in [2.05, 4.69) is 157 Å². The van der Waals surface area contributed by atoms with Crippen LogP contribution < -0.4 is 9.92 Å². The van der Waals surface area contributed by atoms with Gasteiger partial charge in [-0.2, -0.15) is 0 Å². The minimum atomic E-state index is -2.28. The largest absolute Gasteiger partial charge is 0.489 e. The first-order valence-corrected chi connectivity index (χ1v) is 18.9. The summed E-state index contributed by atoms with van der Waals surface area (Å²) in [6.45, 7) is 20.7.